The Morgan fingerprint density at radius 2 is 2.50 bits per heavy atom. The van der Waals surface area contributed by atoms with Crippen LogP contribution in [0.1, 0.15) is 24.4 Å². The molecule has 0 aliphatic carbocycles. The summed E-state index contributed by atoms with van der Waals surface area (Å²) in [6.07, 6.45) is 3.31. The van der Waals surface area contributed by atoms with Crippen molar-refractivity contribution in [1.82, 2.24) is 20.7 Å². The fourth-order valence-corrected chi connectivity index (χ4v) is 1.20. The first-order valence-electron chi connectivity index (χ1n) is 4.48. The SMILES string of the molecule is CC(NCc1ccon1)c1ccn[nH]1. The van der Waals surface area contributed by atoms with Gasteiger partial charge in [-0.05, 0) is 13.0 Å². The molecule has 2 heterocycles. The number of nitrogens with zero attached hydrogens (tertiary/aromatic N) is 2. The van der Waals surface area contributed by atoms with Crippen molar-refractivity contribution in [2.45, 2.75) is 19.5 Å². The van der Waals surface area contributed by atoms with Crippen molar-refractivity contribution in [2.24, 2.45) is 0 Å². The van der Waals surface area contributed by atoms with Crippen LogP contribution in [-0.2, 0) is 6.54 Å². The van der Waals surface area contributed by atoms with E-state index in [0.717, 1.165) is 11.4 Å². The molecule has 74 valence electrons. The summed E-state index contributed by atoms with van der Waals surface area (Å²) in [5, 5.41) is 13.9. The van der Waals surface area contributed by atoms with Crippen molar-refractivity contribution in [3.8, 4) is 0 Å². The van der Waals surface area contributed by atoms with Gasteiger partial charge >= 0.3 is 0 Å². The van der Waals surface area contributed by atoms with Crippen LogP contribution in [0, 0.1) is 0 Å². The van der Waals surface area contributed by atoms with E-state index in [1.165, 1.54) is 0 Å². The van der Waals surface area contributed by atoms with E-state index >= 15 is 0 Å². The van der Waals surface area contributed by atoms with E-state index < -0.39 is 0 Å². The average molecular weight is 192 g/mol. The van der Waals surface area contributed by atoms with Crippen LogP contribution in [0.4, 0.5) is 0 Å². The summed E-state index contributed by atoms with van der Waals surface area (Å²) in [7, 11) is 0. The van der Waals surface area contributed by atoms with E-state index in [4.69, 9.17) is 4.52 Å². The standard InChI is InChI=1S/C9H12N4O/c1-7(9-2-4-11-12-9)10-6-8-3-5-14-13-8/h2-5,7,10H,6H2,1H3,(H,11,12). The van der Waals surface area contributed by atoms with Gasteiger partial charge in [0.05, 0.1) is 11.4 Å². The van der Waals surface area contributed by atoms with E-state index in [0.29, 0.717) is 6.54 Å². The average Bonchev–Trinajstić information content (AvgIpc) is 2.87. The summed E-state index contributed by atoms with van der Waals surface area (Å²) >= 11 is 0. The number of hydrogen-bond acceptors (Lipinski definition) is 4. The third kappa shape index (κ3) is 2.00. The lowest BCUT2D eigenvalue weighted by Gasteiger charge is -2.09. The number of rotatable bonds is 4. The maximum atomic E-state index is 4.73. The second-order valence-electron chi connectivity index (χ2n) is 3.11. The van der Waals surface area contributed by atoms with Crippen molar-refractivity contribution in [3.05, 3.63) is 36.0 Å². The van der Waals surface area contributed by atoms with Gasteiger partial charge in [-0.3, -0.25) is 5.10 Å². The van der Waals surface area contributed by atoms with E-state index in [2.05, 4.69) is 27.6 Å². The normalized spacial score (nSPS) is 12.9. The highest BCUT2D eigenvalue weighted by Crippen LogP contribution is 2.08. The molecule has 1 unspecified atom stereocenters. The molecule has 0 radical (unpaired) electrons. The third-order valence-electron chi connectivity index (χ3n) is 2.07. The number of aromatic nitrogens is 3. The van der Waals surface area contributed by atoms with Gasteiger partial charge in [-0.2, -0.15) is 5.10 Å². The van der Waals surface area contributed by atoms with Crippen LogP contribution in [0.5, 0.6) is 0 Å². The highest BCUT2D eigenvalue weighted by Gasteiger charge is 2.06. The molecule has 0 spiro atoms. The first-order valence-corrected chi connectivity index (χ1v) is 4.48. The van der Waals surface area contributed by atoms with E-state index in [-0.39, 0.29) is 6.04 Å². The van der Waals surface area contributed by atoms with Gasteiger partial charge in [0, 0.05) is 24.8 Å². The van der Waals surface area contributed by atoms with Gasteiger partial charge in [0.25, 0.3) is 0 Å². The molecule has 0 saturated heterocycles. The summed E-state index contributed by atoms with van der Waals surface area (Å²) in [5.41, 5.74) is 1.96. The second kappa shape index (κ2) is 4.06. The number of nitrogens with one attached hydrogen (secondary N) is 2. The van der Waals surface area contributed by atoms with Crippen molar-refractivity contribution in [2.75, 3.05) is 0 Å². The summed E-state index contributed by atoms with van der Waals surface area (Å²) in [6, 6.07) is 4.02. The molecular weight excluding hydrogens is 180 g/mol. The molecule has 0 aromatic carbocycles. The molecule has 0 aliphatic heterocycles. The Morgan fingerprint density at radius 3 is 3.14 bits per heavy atom. The maximum absolute atomic E-state index is 4.73. The Hall–Kier alpha value is -1.62. The lowest BCUT2D eigenvalue weighted by atomic mass is 10.2. The Labute approximate surface area is 81.5 Å². The van der Waals surface area contributed by atoms with Crippen molar-refractivity contribution < 1.29 is 4.52 Å². The lowest BCUT2D eigenvalue weighted by Crippen LogP contribution is -2.18. The molecule has 14 heavy (non-hydrogen) atoms. The number of aromatic amines is 1. The molecule has 0 aliphatic rings. The molecular formula is C9H12N4O. The Kier molecular flexibility index (Phi) is 2.60. The quantitative estimate of drug-likeness (QED) is 0.765. The summed E-state index contributed by atoms with van der Waals surface area (Å²) in [4.78, 5) is 0. The zero-order valence-corrected chi connectivity index (χ0v) is 7.90. The Bertz CT molecular complexity index is 354. The maximum Gasteiger partial charge on any atom is 0.124 e. The van der Waals surface area contributed by atoms with E-state index in [1.807, 2.05) is 12.1 Å². The van der Waals surface area contributed by atoms with Gasteiger partial charge < -0.3 is 9.84 Å². The van der Waals surface area contributed by atoms with Crippen LogP contribution in [0.3, 0.4) is 0 Å². The molecule has 5 heteroatoms. The topological polar surface area (TPSA) is 66.7 Å². The molecule has 2 N–H and O–H groups in total. The van der Waals surface area contributed by atoms with E-state index in [9.17, 15) is 0 Å². The molecule has 5 nitrogen and oxygen atoms in total. The predicted octanol–water partition coefficient (Wildman–Crippen LogP) is 1.25. The molecule has 1 atom stereocenters. The largest absolute Gasteiger partial charge is 0.364 e. The highest BCUT2D eigenvalue weighted by atomic mass is 16.5. The molecule has 2 rings (SSSR count). The van der Waals surface area contributed by atoms with Gasteiger partial charge in [-0.15, -0.1) is 0 Å². The zero-order chi connectivity index (χ0) is 9.80. The minimum atomic E-state index is 0.231. The summed E-state index contributed by atoms with van der Waals surface area (Å²) in [6.45, 7) is 2.75. The molecule has 0 saturated carbocycles. The molecule has 0 amide bonds. The first kappa shape index (κ1) is 8.96. The monoisotopic (exact) mass is 192 g/mol. The zero-order valence-electron chi connectivity index (χ0n) is 7.90. The van der Waals surface area contributed by atoms with Gasteiger partial charge in [0.2, 0.25) is 0 Å². The lowest BCUT2D eigenvalue weighted by molar-refractivity contribution is 0.405. The van der Waals surface area contributed by atoms with Crippen molar-refractivity contribution in [1.29, 1.82) is 0 Å². The number of hydrogen-bond donors (Lipinski definition) is 2. The minimum absolute atomic E-state index is 0.231. The minimum Gasteiger partial charge on any atom is -0.364 e. The predicted molar refractivity (Wildman–Crippen MR) is 50.3 cm³/mol. The van der Waals surface area contributed by atoms with E-state index in [1.54, 1.807) is 12.5 Å². The van der Waals surface area contributed by atoms with Crippen molar-refractivity contribution in [3.63, 3.8) is 0 Å². The Morgan fingerprint density at radius 1 is 1.57 bits per heavy atom. The van der Waals surface area contributed by atoms with Crippen LogP contribution in [-0.4, -0.2) is 15.4 Å². The van der Waals surface area contributed by atoms with Gasteiger partial charge in [-0.1, -0.05) is 5.16 Å². The smallest absolute Gasteiger partial charge is 0.124 e. The van der Waals surface area contributed by atoms with Crippen molar-refractivity contribution >= 4 is 0 Å². The van der Waals surface area contributed by atoms with Crippen LogP contribution in [0.15, 0.2) is 29.1 Å². The molecule has 0 fully saturated rings. The van der Waals surface area contributed by atoms with Crippen LogP contribution in [0.2, 0.25) is 0 Å². The second-order valence-corrected chi connectivity index (χ2v) is 3.11. The third-order valence-corrected chi connectivity index (χ3v) is 2.07. The van der Waals surface area contributed by atoms with Gasteiger partial charge in [0.15, 0.2) is 0 Å². The molecule has 2 aromatic rings. The first-order chi connectivity index (χ1) is 6.86. The van der Waals surface area contributed by atoms with Crippen LogP contribution < -0.4 is 5.32 Å². The van der Waals surface area contributed by atoms with Crippen LogP contribution in [0.25, 0.3) is 0 Å². The Balaban J connectivity index is 1.87. The number of H-pyrrole nitrogens is 1. The van der Waals surface area contributed by atoms with Gasteiger partial charge in [-0.25, -0.2) is 0 Å². The summed E-state index contributed by atoms with van der Waals surface area (Å²) in [5.74, 6) is 0. The van der Waals surface area contributed by atoms with Gasteiger partial charge in [0.1, 0.15) is 6.26 Å². The molecule has 2 aromatic heterocycles. The summed E-state index contributed by atoms with van der Waals surface area (Å²) < 4.78 is 4.73. The molecule has 0 bridgehead atoms. The fourth-order valence-electron chi connectivity index (χ4n) is 1.20. The highest BCUT2D eigenvalue weighted by molar-refractivity contribution is 5.04. The van der Waals surface area contributed by atoms with Crippen LogP contribution >= 0.6 is 0 Å². The fraction of sp³-hybridized carbons (Fsp3) is 0.333.